The highest BCUT2D eigenvalue weighted by atomic mass is 16.7. The third-order valence-electron chi connectivity index (χ3n) is 4.60. The smallest absolute Gasteiger partial charge is 0.239 e. The van der Waals surface area contributed by atoms with E-state index in [1.165, 1.54) is 0 Å². The van der Waals surface area contributed by atoms with Gasteiger partial charge in [0.1, 0.15) is 0 Å². The molecule has 1 amide bonds. The van der Waals surface area contributed by atoms with Crippen LogP contribution in [-0.2, 0) is 17.9 Å². The summed E-state index contributed by atoms with van der Waals surface area (Å²) in [7, 11) is 0. The van der Waals surface area contributed by atoms with E-state index in [-0.39, 0.29) is 19.2 Å². The maximum Gasteiger partial charge on any atom is 0.239 e. The van der Waals surface area contributed by atoms with Crippen molar-refractivity contribution in [3.63, 3.8) is 0 Å². The Bertz CT molecular complexity index is 929. The van der Waals surface area contributed by atoms with E-state index < -0.39 is 0 Å². The molecule has 3 aromatic carbocycles. The van der Waals surface area contributed by atoms with E-state index in [0.717, 1.165) is 28.3 Å². The fourth-order valence-electron chi connectivity index (χ4n) is 3.16. The molecule has 1 N–H and O–H groups in total. The molecule has 0 radical (unpaired) electrons. The van der Waals surface area contributed by atoms with Gasteiger partial charge in [-0.1, -0.05) is 54.6 Å². The van der Waals surface area contributed by atoms with Crippen LogP contribution in [0.1, 0.15) is 11.1 Å². The lowest BCUT2D eigenvalue weighted by molar-refractivity contribution is -0.119. The van der Waals surface area contributed by atoms with Crippen molar-refractivity contribution >= 4 is 11.6 Å². The quantitative estimate of drug-likeness (QED) is 0.685. The summed E-state index contributed by atoms with van der Waals surface area (Å²) in [5.74, 6) is 1.44. The number of hydrogen-bond donors (Lipinski definition) is 1. The topological polar surface area (TPSA) is 50.8 Å². The Hall–Kier alpha value is -3.47. The maximum atomic E-state index is 12.6. The Kier molecular flexibility index (Phi) is 5.43. The minimum Gasteiger partial charge on any atom is -0.454 e. The van der Waals surface area contributed by atoms with E-state index in [0.29, 0.717) is 13.1 Å². The van der Waals surface area contributed by atoms with E-state index in [9.17, 15) is 4.79 Å². The van der Waals surface area contributed by atoms with Gasteiger partial charge in [0.15, 0.2) is 11.5 Å². The summed E-state index contributed by atoms with van der Waals surface area (Å²) < 4.78 is 10.7. The van der Waals surface area contributed by atoms with E-state index in [1.807, 2.05) is 66.7 Å². The highest BCUT2D eigenvalue weighted by Gasteiger charge is 2.15. The Morgan fingerprint density at radius 3 is 2.36 bits per heavy atom. The highest BCUT2D eigenvalue weighted by molar-refractivity contribution is 5.81. The molecule has 0 spiro atoms. The van der Waals surface area contributed by atoms with Gasteiger partial charge in [-0.25, -0.2) is 0 Å². The molecule has 0 saturated carbocycles. The van der Waals surface area contributed by atoms with Crippen LogP contribution in [0, 0.1) is 0 Å². The van der Waals surface area contributed by atoms with E-state index >= 15 is 0 Å². The molecule has 1 aliphatic rings. The zero-order valence-corrected chi connectivity index (χ0v) is 15.5. The Balaban J connectivity index is 1.40. The first-order valence-corrected chi connectivity index (χ1v) is 9.27. The van der Waals surface area contributed by atoms with Crippen LogP contribution in [0.4, 0.5) is 5.69 Å². The van der Waals surface area contributed by atoms with Crippen molar-refractivity contribution in [2.45, 2.75) is 13.1 Å². The van der Waals surface area contributed by atoms with Gasteiger partial charge >= 0.3 is 0 Å². The normalized spacial score (nSPS) is 11.9. The summed E-state index contributed by atoms with van der Waals surface area (Å²) in [4.78, 5) is 14.7. The molecule has 0 unspecified atom stereocenters. The molecule has 142 valence electrons. The molecule has 0 atom stereocenters. The second-order valence-corrected chi connectivity index (χ2v) is 6.64. The number of hydrogen-bond acceptors (Lipinski definition) is 4. The van der Waals surface area contributed by atoms with Gasteiger partial charge in [0.05, 0.1) is 6.54 Å². The van der Waals surface area contributed by atoms with Crippen LogP contribution >= 0.6 is 0 Å². The van der Waals surface area contributed by atoms with Crippen molar-refractivity contribution in [1.29, 1.82) is 0 Å². The standard InChI is InChI=1S/C23H22N2O3/c26-23(24-14-19-11-12-21-22(13-19)28-17-27-21)16-25(20-9-5-2-6-10-20)15-18-7-3-1-4-8-18/h1-13H,14-17H2,(H,24,26). The van der Waals surface area contributed by atoms with E-state index in [2.05, 4.69) is 22.3 Å². The Labute approximate surface area is 164 Å². The third-order valence-corrected chi connectivity index (χ3v) is 4.60. The van der Waals surface area contributed by atoms with Gasteiger partial charge in [-0.15, -0.1) is 0 Å². The number of rotatable bonds is 7. The van der Waals surface area contributed by atoms with Gasteiger partial charge in [0.2, 0.25) is 12.7 Å². The number of carbonyl (C=O) groups excluding carboxylic acids is 1. The third kappa shape index (κ3) is 4.43. The van der Waals surface area contributed by atoms with Gasteiger partial charge in [-0.2, -0.15) is 0 Å². The molecule has 5 heteroatoms. The second kappa shape index (κ2) is 8.48. The monoisotopic (exact) mass is 374 g/mol. The zero-order valence-electron chi connectivity index (χ0n) is 15.5. The van der Waals surface area contributed by atoms with E-state index in [1.54, 1.807) is 0 Å². The van der Waals surface area contributed by atoms with Crippen molar-refractivity contribution < 1.29 is 14.3 Å². The van der Waals surface area contributed by atoms with Gasteiger partial charge in [0.25, 0.3) is 0 Å². The van der Waals surface area contributed by atoms with Crippen molar-refractivity contribution in [3.8, 4) is 11.5 Å². The van der Waals surface area contributed by atoms with Crippen LogP contribution in [0.3, 0.4) is 0 Å². The average Bonchev–Trinajstić information content (AvgIpc) is 3.21. The summed E-state index contributed by atoms with van der Waals surface area (Å²) in [5.41, 5.74) is 3.16. The first-order chi connectivity index (χ1) is 13.8. The molecule has 28 heavy (non-hydrogen) atoms. The van der Waals surface area contributed by atoms with Crippen molar-refractivity contribution in [2.24, 2.45) is 0 Å². The minimum atomic E-state index is -0.0301. The molecule has 0 bridgehead atoms. The fraction of sp³-hybridized carbons (Fsp3) is 0.174. The molecule has 0 saturated heterocycles. The molecule has 0 fully saturated rings. The number of carbonyl (C=O) groups is 1. The van der Waals surface area contributed by atoms with Crippen LogP contribution in [0.15, 0.2) is 78.9 Å². The summed E-state index contributed by atoms with van der Waals surface area (Å²) in [5, 5.41) is 3.00. The first-order valence-electron chi connectivity index (χ1n) is 9.27. The van der Waals surface area contributed by atoms with Crippen molar-refractivity contribution in [2.75, 3.05) is 18.2 Å². The number of amides is 1. The molecule has 1 aliphatic heterocycles. The second-order valence-electron chi connectivity index (χ2n) is 6.64. The van der Waals surface area contributed by atoms with E-state index in [4.69, 9.17) is 9.47 Å². The van der Waals surface area contributed by atoms with Gasteiger partial charge in [0, 0.05) is 18.8 Å². The molecule has 0 aliphatic carbocycles. The van der Waals surface area contributed by atoms with Crippen LogP contribution in [-0.4, -0.2) is 19.2 Å². The van der Waals surface area contributed by atoms with Crippen molar-refractivity contribution in [1.82, 2.24) is 5.32 Å². The van der Waals surface area contributed by atoms with Gasteiger partial charge in [-0.05, 0) is 35.4 Å². The van der Waals surface area contributed by atoms with Gasteiger partial charge in [-0.3, -0.25) is 4.79 Å². The van der Waals surface area contributed by atoms with Crippen LogP contribution < -0.4 is 19.7 Å². The van der Waals surface area contributed by atoms with Crippen LogP contribution in [0.5, 0.6) is 11.5 Å². The summed E-state index contributed by atoms with van der Waals surface area (Å²) in [6.07, 6.45) is 0. The summed E-state index contributed by atoms with van der Waals surface area (Å²) >= 11 is 0. The predicted octanol–water partition coefficient (Wildman–Crippen LogP) is 3.74. The number of nitrogens with zero attached hydrogens (tertiary/aromatic N) is 1. The lowest BCUT2D eigenvalue weighted by Crippen LogP contribution is -2.36. The fourth-order valence-corrected chi connectivity index (χ4v) is 3.16. The summed E-state index contributed by atoms with van der Waals surface area (Å²) in [6, 6.07) is 25.9. The average molecular weight is 374 g/mol. The summed E-state index contributed by atoms with van der Waals surface area (Å²) in [6.45, 7) is 1.64. The number of nitrogens with one attached hydrogen (secondary N) is 1. The molecular formula is C23H22N2O3. The number of para-hydroxylation sites is 1. The minimum absolute atomic E-state index is 0.0301. The number of benzene rings is 3. The molecule has 5 nitrogen and oxygen atoms in total. The molecule has 3 aromatic rings. The molecule has 4 rings (SSSR count). The van der Waals surface area contributed by atoms with Crippen LogP contribution in [0.2, 0.25) is 0 Å². The van der Waals surface area contributed by atoms with Crippen LogP contribution in [0.25, 0.3) is 0 Å². The lowest BCUT2D eigenvalue weighted by atomic mass is 10.2. The highest BCUT2D eigenvalue weighted by Crippen LogP contribution is 2.32. The molecule has 1 heterocycles. The SMILES string of the molecule is O=C(CN(Cc1ccccc1)c1ccccc1)NCc1ccc2c(c1)OCO2. The number of anilines is 1. The largest absolute Gasteiger partial charge is 0.454 e. The number of ether oxygens (including phenoxy) is 2. The van der Waals surface area contributed by atoms with Crippen molar-refractivity contribution in [3.05, 3.63) is 90.0 Å². The first kappa shape index (κ1) is 17.9. The predicted molar refractivity (Wildman–Crippen MR) is 108 cm³/mol. The lowest BCUT2D eigenvalue weighted by Gasteiger charge is -2.24. The Morgan fingerprint density at radius 2 is 1.57 bits per heavy atom. The Morgan fingerprint density at radius 1 is 0.857 bits per heavy atom. The molecular weight excluding hydrogens is 352 g/mol. The van der Waals surface area contributed by atoms with Gasteiger partial charge < -0.3 is 19.7 Å². The number of fused-ring (bicyclic) bond motifs is 1. The maximum absolute atomic E-state index is 12.6. The zero-order chi connectivity index (χ0) is 19.2. The molecule has 0 aromatic heterocycles.